The number of allylic oxidation sites excluding steroid dienone is 5. The van der Waals surface area contributed by atoms with E-state index in [0.717, 1.165) is 32.1 Å². The molecular formula is C19H31N. The Morgan fingerprint density at radius 2 is 1.95 bits per heavy atom. The second-order valence-electron chi connectivity index (χ2n) is 6.09. The summed E-state index contributed by atoms with van der Waals surface area (Å²) in [6.07, 6.45) is 11.8. The summed E-state index contributed by atoms with van der Waals surface area (Å²) in [5.74, 6) is 0.459. The van der Waals surface area contributed by atoms with E-state index in [1.165, 1.54) is 11.1 Å². The SMILES string of the molecule is C=C(/C=C(\C=C/C)CCC(CCC)C(C)(C)C#N)CC. The monoisotopic (exact) mass is 273 g/mol. The lowest BCUT2D eigenvalue weighted by Gasteiger charge is -2.28. The average molecular weight is 273 g/mol. The maximum Gasteiger partial charge on any atom is 0.0686 e. The molecule has 0 saturated heterocycles. The van der Waals surface area contributed by atoms with Gasteiger partial charge in [0, 0.05) is 0 Å². The van der Waals surface area contributed by atoms with E-state index in [9.17, 15) is 5.26 Å². The summed E-state index contributed by atoms with van der Waals surface area (Å²) in [4.78, 5) is 0. The zero-order valence-electron chi connectivity index (χ0n) is 14.0. The van der Waals surface area contributed by atoms with Crippen molar-refractivity contribution in [1.29, 1.82) is 5.26 Å². The van der Waals surface area contributed by atoms with Crippen LogP contribution in [0.25, 0.3) is 0 Å². The largest absolute Gasteiger partial charge is 0.198 e. The van der Waals surface area contributed by atoms with Crippen molar-refractivity contribution in [1.82, 2.24) is 0 Å². The van der Waals surface area contributed by atoms with Crippen molar-refractivity contribution in [2.24, 2.45) is 11.3 Å². The van der Waals surface area contributed by atoms with Crippen LogP contribution in [0.2, 0.25) is 0 Å². The Labute approximate surface area is 126 Å². The molecule has 0 aromatic rings. The highest BCUT2D eigenvalue weighted by Crippen LogP contribution is 2.34. The quantitative estimate of drug-likeness (QED) is 0.459. The Balaban J connectivity index is 4.85. The van der Waals surface area contributed by atoms with Gasteiger partial charge in [0.05, 0.1) is 11.5 Å². The van der Waals surface area contributed by atoms with Crippen LogP contribution < -0.4 is 0 Å². The molecule has 0 N–H and O–H groups in total. The summed E-state index contributed by atoms with van der Waals surface area (Å²) < 4.78 is 0. The van der Waals surface area contributed by atoms with Crippen LogP contribution in [-0.2, 0) is 0 Å². The van der Waals surface area contributed by atoms with Crippen LogP contribution >= 0.6 is 0 Å². The van der Waals surface area contributed by atoms with Gasteiger partial charge in [-0.15, -0.1) is 0 Å². The molecule has 0 saturated carbocycles. The Hall–Kier alpha value is -1.29. The van der Waals surface area contributed by atoms with E-state index in [-0.39, 0.29) is 5.41 Å². The van der Waals surface area contributed by atoms with Gasteiger partial charge in [-0.2, -0.15) is 5.26 Å². The first-order valence-electron chi connectivity index (χ1n) is 7.83. The third-order valence-electron chi connectivity index (χ3n) is 3.95. The molecule has 0 aliphatic carbocycles. The second-order valence-corrected chi connectivity index (χ2v) is 6.09. The lowest BCUT2D eigenvalue weighted by atomic mass is 9.74. The van der Waals surface area contributed by atoms with Gasteiger partial charge in [0.2, 0.25) is 0 Å². The molecule has 1 unspecified atom stereocenters. The van der Waals surface area contributed by atoms with Gasteiger partial charge in [0.1, 0.15) is 0 Å². The van der Waals surface area contributed by atoms with E-state index in [4.69, 9.17) is 0 Å². The Bertz CT molecular complexity index is 390. The van der Waals surface area contributed by atoms with Gasteiger partial charge < -0.3 is 0 Å². The minimum atomic E-state index is -0.237. The van der Waals surface area contributed by atoms with Crippen LogP contribution in [0.3, 0.4) is 0 Å². The standard InChI is InChI=1S/C19H31N/c1-7-10-17(14-16(4)9-3)12-13-18(11-8-2)19(5,6)15-20/h7,10,14,18H,4,8-9,11-13H2,1-3,5-6H3/b10-7-,17-14+. The predicted octanol–water partition coefficient (Wildman–Crippen LogP) is 6.20. The summed E-state index contributed by atoms with van der Waals surface area (Å²) >= 11 is 0. The van der Waals surface area contributed by atoms with Crippen LogP contribution in [0.5, 0.6) is 0 Å². The van der Waals surface area contributed by atoms with Crippen molar-refractivity contribution >= 4 is 0 Å². The first-order chi connectivity index (χ1) is 9.41. The van der Waals surface area contributed by atoms with Crippen molar-refractivity contribution in [2.75, 3.05) is 0 Å². The molecule has 1 atom stereocenters. The second kappa shape index (κ2) is 9.59. The summed E-state index contributed by atoms with van der Waals surface area (Å²) in [5, 5.41) is 9.35. The molecule has 0 aromatic heterocycles. The molecule has 1 nitrogen and oxygen atoms in total. The van der Waals surface area contributed by atoms with E-state index >= 15 is 0 Å². The normalized spacial score (nSPS) is 14.3. The molecular weight excluding hydrogens is 242 g/mol. The Morgan fingerprint density at radius 1 is 1.30 bits per heavy atom. The third kappa shape index (κ3) is 6.75. The van der Waals surface area contributed by atoms with Crippen LogP contribution in [0.15, 0.2) is 36.0 Å². The Morgan fingerprint density at radius 3 is 2.40 bits per heavy atom. The fourth-order valence-corrected chi connectivity index (χ4v) is 2.43. The van der Waals surface area contributed by atoms with Crippen molar-refractivity contribution in [3.63, 3.8) is 0 Å². The van der Waals surface area contributed by atoms with Crippen LogP contribution in [0.4, 0.5) is 0 Å². The first-order valence-corrected chi connectivity index (χ1v) is 7.83. The lowest BCUT2D eigenvalue weighted by molar-refractivity contribution is 0.256. The van der Waals surface area contributed by atoms with Gasteiger partial charge in [-0.3, -0.25) is 0 Å². The van der Waals surface area contributed by atoms with E-state index in [0.29, 0.717) is 5.92 Å². The zero-order valence-corrected chi connectivity index (χ0v) is 14.0. The number of hydrogen-bond acceptors (Lipinski definition) is 1. The van der Waals surface area contributed by atoms with E-state index in [2.05, 4.69) is 58.6 Å². The minimum Gasteiger partial charge on any atom is -0.198 e. The maximum atomic E-state index is 9.35. The molecule has 0 aromatic carbocycles. The summed E-state index contributed by atoms with van der Waals surface area (Å²) in [6.45, 7) is 14.6. The smallest absolute Gasteiger partial charge is 0.0686 e. The van der Waals surface area contributed by atoms with Crippen molar-refractivity contribution in [3.8, 4) is 6.07 Å². The van der Waals surface area contributed by atoms with Gasteiger partial charge in [0.25, 0.3) is 0 Å². The zero-order chi connectivity index (χ0) is 15.6. The van der Waals surface area contributed by atoms with Gasteiger partial charge in [-0.05, 0) is 57.9 Å². The molecule has 0 aliphatic rings. The van der Waals surface area contributed by atoms with E-state index < -0.39 is 0 Å². The van der Waals surface area contributed by atoms with Crippen molar-refractivity contribution in [2.45, 2.75) is 66.7 Å². The number of rotatable bonds is 9. The van der Waals surface area contributed by atoms with Gasteiger partial charge >= 0.3 is 0 Å². The van der Waals surface area contributed by atoms with E-state index in [1.807, 2.05) is 6.92 Å². The summed E-state index contributed by atoms with van der Waals surface area (Å²) in [5.41, 5.74) is 2.26. The van der Waals surface area contributed by atoms with Gasteiger partial charge in [-0.1, -0.05) is 50.6 Å². The maximum absolute atomic E-state index is 9.35. The first kappa shape index (κ1) is 18.7. The molecule has 0 aliphatic heterocycles. The summed E-state index contributed by atoms with van der Waals surface area (Å²) in [7, 11) is 0. The molecule has 0 heterocycles. The average Bonchev–Trinajstić information content (AvgIpc) is 2.42. The van der Waals surface area contributed by atoms with Crippen LogP contribution in [0.1, 0.15) is 66.7 Å². The Kier molecular flexibility index (Phi) is 8.97. The molecule has 20 heavy (non-hydrogen) atoms. The minimum absolute atomic E-state index is 0.237. The molecule has 0 rings (SSSR count). The molecule has 1 heteroatoms. The molecule has 0 radical (unpaired) electrons. The molecule has 112 valence electrons. The van der Waals surface area contributed by atoms with Crippen molar-refractivity contribution < 1.29 is 0 Å². The number of hydrogen-bond donors (Lipinski definition) is 0. The molecule has 0 bridgehead atoms. The van der Waals surface area contributed by atoms with Crippen molar-refractivity contribution in [3.05, 3.63) is 36.0 Å². The van der Waals surface area contributed by atoms with E-state index in [1.54, 1.807) is 0 Å². The highest BCUT2D eigenvalue weighted by molar-refractivity contribution is 5.28. The van der Waals surface area contributed by atoms with Crippen LogP contribution in [0, 0.1) is 22.7 Å². The highest BCUT2D eigenvalue weighted by Gasteiger charge is 2.28. The van der Waals surface area contributed by atoms with Gasteiger partial charge in [-0.25, -0.2) is 0 Å². The van der Waals surface area contributed by atoms with Crippen LogP contribution in [-0.4, -0.2) is 0 Å². The number of nitriles is 1. The molecule has 0 spiro atoms. The molecule has 0 fully saturated rings. The fraction of sp³-hybridized carbons (Fsp3) is 0.632. The number of nitrogens with zero attached hydrogens (tertiary/aromatic N) is 1. The summed E-state index contributed by atoms with van der Waals surface area (Å²) in [6, 6.07) is 2.48. The fourth-order valence-electron chi connectivity index (χ4n) is 2.43. The highest BCUT2D eigenvalue weighted by atomic mass is 14.4. The topological polar surface area (TPSA) is 23.8 Å². The predicted molar refractivity (Wildman–Crippen MR) is 89.4 cm³/mol. The van der Waals surface area contributed by atoms with Gasteiger partial charge in [0.15, 0.2) is 0 Å². The third-order valence-corrected chi connectivity index (χ3v) is 3.95. The molecule has 0 amide bonds. The lowest BCUT2D eigenvalue weighted by Crippen LogP contribution is -2.22.